The number of hydrogen-bond donors (Lipinski definition) is 1. The van der Waals surface area contributed by atoms with Crippen LogP contribution in [0.3, 0.4) is 0 Å². The number of rotatable bonds is 6. The fourth-order valence-corrected chi connectivity index (χ4v) is 3.18. The molecule has 0 atom stereocenters. The van der Waals surface area contributed by atoms with Gasteiger partial charge in [-0.1, -0.05) is 12.1 Å². The molecule has 3 aromatic rings. The van der Waals surface area contributed by atoms with Crippen molar-refractivity contribution in [3.05, 3.63) is 41.5 Å². The third-order valence-corrected chi connectivity index (χ3v) is 4.19. The molecule has 3 rings (SSSR count). The van der Waals surface area contributed by atoms with Gasteiger partial charge in [-0.15, -0.1) is 11.3 Å². The zero-order chi connectivity index (χ0) is 16.9. The van der Waals surface area contributed by atoms with Gasteiger partial charge in [0.15, 0.2) is 0 Å². The molecule has 0 unspecified atom stereocenters. The van der Waals surface area contributed by atoms with Crippen LogP contribution in [0, 0.1) is 0 Å². The van der Waals surface area contributed by atoms with E-state index in [4.69, 9.17) is 9.47 Å². The number of carbonyl (C=O) groups is 1. The van der Waals surface area contributed by atoms with E-state index in [1.165, 1.54) is 17.7 Å². The number of fused-ring (bicyclic) bond motifs is 1. The van der Waals surface area contributed by atoms with Crippen molar-refractivity contribution in [3.8, 4) is 5.75 Å². The summed E-state index contributed by atoms with van der Waals surface area (Å²) in [7, 11) is 0. The van der Waals surface area contributed by atoms with Crippen LogP contribution in [0.5, 0.6) is 5.75 Å². The molecule has 124 valence electrons. The zero-order valence-electron chi connectivity index (χ0n) is 13.4. The Morgan fingerprint density at radius 1 is 1.21 bits per heavy atom. The highest BCUT2D eigenvalue weighted by molar-refractivity contribution is 7.17. The number of benzene rings is 1. The third-order valence-electron chi connectivity index (χ3n) is 3.31. The number of nitrogens with one attached hydrogen (secondary N) is 1. The standard InChI is InChI=1S/C17H17N3O3S/c1-3-22-13-8-6-5-7-12(13)20-15-14-11(17(21)23-4-2)9-24-16(14)19-10-18-15/h5-10H,3-4H2,1-2H3,(H,18,19,20). The van der Waals surface area contributed by atoms with Crippen LogP contribution in [-0.4, -0.2) is 29.2 Å². The molecule has 0 aliphatic carbocycles. The Morgan fingerprint density at radius 3 is 2.83 bits per heavy atom. The van der Waals surface area contributed by atoms with Crippen molar-refractivity contribution in [1.29, 1.82) is 0 Å². The van der Waals surface area contributed by atoms with E-state index in [-0.39, 0.29) is 5.97 Å². The Bertz CT molecular complexity index is 863. The number of thiophene rings is 1. The topological polar surface area (TPSA) is 73.3 Å². The van der Waals surface area contributed by atoms with Crippen LogP contribution < -0.4 is 10.1 Å². The molecule has 0 fully saturated rings. The monoisotopic (exact) mass is 343 g/mol. The molecule has 0 saturated carbocycles. The van der Waals surface area contributed by atoms with E-state index in [2.05, 4.69) is 15.3 Å². The predicted octanol–water partition coefficient (Wildman–Crippen LogP) is 4.01. The van der Waals surface area contributed by atoms with Crippen molar-refractivity contribution >= 4 is 39.0 Å². The minimum atomic E-state index is -0.375. The molecular weight excluding hydrogens is 326 g/mol. The molecule has 7 heteroatoms. The number of anilines is 2. The van der Waals surface area contributed by atoms with Crippen LogP contribution in [0.4, 0.5) is 11.5 Å². The number of nitrogens with zero attached hydrogens (tertiary/aromatic N) is 2. The van der Waals surface area contributed by atoms with Crippen molar-refractivity contribution in [3.63, 3.8) is 0 Å². The van der Waals surface area contributed by atoms with Crippen LogP contribution in [-0.2, 0) is 4.74 Å². The summed E-state index contributed by atoms with van der Waals surface area (Å²) in [5, 5.41) is 5.65. The first-order chi connectivity index (χ1) is 11.7. The molecule has 1 N–H and O–H groups in total. The Morgan fingerprint density at radius 2 is 2.04 bits per heavy atom. The van der Waals surface area contributed by atoms with Gasteiger partial charge in [0.05, 0.1) is 29.9 Å². The molecule has 0 saturated heterocycles. The van der Waals surface area contributed by atoms with Gasteiger partial charge in [-0.25, -0.2) is 14.8 Å². The average molecular weight is 343 g/mol. The number of carbonyl (C=O) groups excluding carboxylic acids is 1. The van der Waals surface area contributed by atoms with E-state index in [0.29, 0.717) is 30.0 Å². The molecule has 0 radical (unpaired) electrons. The van der Waals surface area contributed by atoms with Gasteiger partial charge in [0.25, 0.3) is 0 Å². The number of aromatic nitrogens is 2. The first kappa shape index (κ1) is 16.2. The van der Waals surface area contributed by atoms with E-state index < -0.39 is 0 Å². The summed E-state index contributed by atoms with van der Waals surface area (Å²) in [4.78, 5) is 21.4. The highest BCUT2D eigenvalue weighted by atomic mass is 32.1. The van der Waals surface area contributed by atoms with E-state index in [9.17, 15) is 4.79 Å². The Hall–Kier alpha value is -2.67. The quantitative estimate of drug-likeness (QED) is 0.682. The average Bonchev–Trinajstić information content (AvgIpc) is 3.02. The number of esters is 1. The highest BCUT2D eigenvalue weighted by Gasteiger charge is 2.19. The summed E-state index contributed by atoms with van der Waals surface area (Å²) < 4.78 is 10.7. The molecule has 0 spiro atoms. The van der Waals surface area contributed by atoms with Crippen molar-refractivity contribution in [2.75, 3.05) is 18.5 Å². The summed E-state index contributed by atoms with van der Waals surface area (Å²) in [6.45, 7) is 4.59. The molecule has 0 aliphatic rings. The fraction of sp³-hybridized carbons (Fsp3) is 0.235. The molecule has 24 heavy (non-hydrogen) atoms. The lowest BCUT2D eigenvalue weighted by Gasteiger charge is -2.12. The molecular formula is C17H17N3O3S. The van der Waals surface area contributed by atoms with Gasteiger partial charge in [0, 0.05) is 5.38 Å². The van der Waals surface area contributed by atoms with Crippen LogP contribution in [0.1, 0.15) is 24.2 Å². The summed E-state index contributed by atoms with van der Waals surface area (Å²) in [5.74, 6) is 0.899. The largest absolute Gasteiger partial charge is 0.492 e. The van der Waals surface area contributed by atoms with Crippen LogP contribution in [0.15, 0.2) is 36.0 Å². The molecule has 0 aliphatic heterocycles. The number of ether oxygens (including phenoxy) is 2. The third kappa shape index (κ3) is 3.16. The normalized spacial score (nSPS) is 10.6. The second-order valence-electron chi connectivity index (χ2n) is 4.83. The van der Waals surface area contributed by atoms with Crippen molar-refractivity contribution in [2.45, 2.75) is 13.8 Å². The highest BCUT2D eigenvalue weighted by Crippen LogP contribution is 2.34. The maximum atomic E-state index is 12.2. The van der Waals surface area contributed by atoms with Gasteiger partial charge in [-0.3, -0.25) is 0 Å². The SMILES string of the molecule is CCOC(=O)c1csc2ncnc(Nc3ccccc3OCC)c12. The second kappa shape index (κ2) is 7.27. The number of para-hydroxylation sites is 2. The Kier molecular flexibility index (Phi) is 4.90. The van der Waals surface area contributed by atoms with Crippen molar-refractivity contribution < 1.29 is 14.3 Å². The molecule has 6 nitrogen and oxygen atoms in total. The summed E-state index contributed by atoms with van der Waals surface area (Å²) >= 11 is 1.38. The van der Waals surface area contributed by atoms with Crippen LogP contribution >= 0.6 is 11.3 Å². The summed E-state index contributed by atoms with van der Waals surface area (Å²) in [6.07, 6.45) is 1.47. The van der Waals surface area contributed by atoms with Gasteiger partial charge in [-0.05, 0) is 26.0 Å². The summed E-state index contributed by atoms with van der Waals surface area (Å²) in [5.41, 5.74) is 1.24. The zero-order valence-corrected chi connectivity index (χ0v) is 14.2. The Balaban J connectivity index is 2.04. The van der Waals surface area contributed by atoms with Gasteiger partial charge in [0.1, 0.15) is 22.7 Å². The number of hydrogen-bond acceptors (Lipinski definition) is 7. The van der Waals surface area contributed by atoms with E-state index in [1.807, 2.05) is 31.2 Å². The fourth-order valence-electron chi connectivity index (χ4n) is 2.31. The van der Waals surface area contributed by atoms with Crippen molar-refractivity contribution in [1.82, 2.24) is 9.97 Å². The Labute approximate surface area is 143 Å². The molecule has 0 bridgehead atoms. The lowest BCUT2D eigenvalue weighted by atomic mass is 10.2. The molecule has 2 heterocycles. The van der Waals surface area contributed by atoms with Gasteiger partial charge in [-0.2, -0.15) is 0 Å². The maximum Gasteiger partial charge on any atom is 0.339 e. The van der Waals surface area contributed by atoms with E-state index in [1.54, 1.807) is 12.3 Å². The first-order valence-electron chi connectivity index (χ1n) is 7.62. The maximum absolute atomic E-state index is 12.2. The van der Waals surface area contributed by atoms with Crippen molar-refractivity contribution in [2.24, 2.45) is 0 Å². The molecule has 1 aromatic carbocycles. The van der Waals surface area contributed by atoms with Gasteiger partial charge in [0.2, 0.25) is 0 Å². The lowest BCUT2D eigenvalue weighted by molar-refractivity contribution is 0.0529. The summed E-state index contributed by atoms with van der Waals surface area (Å²) in [6, 6.07) is 7.59. The minimum Gasteiger partial charge on any atom is -0.492 e. The van der Waals surface area contributed by atoms with Crippen LogP contribution in [0.25, 0.3) is 10.2 Å². The first-order valence-corrected chi connectivity index (χ1v) is 8.50. The van der Waals surface area contributed by atoms with E-state index >= 15 is 0 Å². The smallest absolute Gasteiger partial charge is 0.339 e. The van der Waals surface area contributed by atoms with E-state index in [0.717, 1.165) is 16.3 Å². The second-order valence-corrected chi connectivity index (χ2v) is 5.68. The lowest BCUT2D eigenvalue weighted by Crippen LogP contribution is -2.05. The predicted molar refractivity (Wildman–Crippen MR) is 94.3 cm³/mol. The molecule has 2 aromatic heterocycles. The van der Waals surface area contributed by atoms with Crippen LogP contribution in [0.2, 0.25) is 0 Å². The van der Waals surface area contributed by atoms with Gasteiger partial charge < -0.3 is 14.8 Å². The van der Waals surface area contributed by atoms with Gasteiger partial charge >= 0.3 is 5.97 Å². The molecule has 0 amide bonds. The minimum absolute atomic E-state index is 0.319.